The Morgan fingerprint density at radius 1 is 1.20 bits per heavy atom. The normalized spacial score (nSPS) is 20.0. The molecule has 8 nitrogen and oxygen atoms in total. The van der Waals surface area contributed by atoms with E-state index in [1.165, 1.54) is 6.20 Å². The van der Waals surface area contributed by atoms with Crippen molar-refractivity contribution in [2.45, 2.75) is 25.7 Å². The molecule has 0 aliphatic carbocycles. The summed E-state index contributed by atoms with van der Waals surface area (Å²) in [5.41, 5.74) is 0.903. The lowest BCUT2D eigenvalue weighted by Gasteiger charge is -2.22. The highest BCUT2D eigenvalue weighted by molar-refractivity contribution is 5.92. The summed E-state index contributed by atoms with van der Waals surface area (Å²) < 4.78 is 19.9. The van der Waals surface area contributed by atoms with Crippen LogP contribution in [0.1, 0.15) is 25.7 Å². The number of carbonyl (C=O) groups is 1. The zero-order chi connectivity index (χ0) is 20.8. The third-order valence-corrected chi connectivity index (χ3v) is 5.65. The molecule has 3 N–H and O–H groups in total. The van der Waals surface area contributed by atoms with Crippen molar-refractivity contribution in [3.05, 3.63) is 30.3 Å². The summed E-state index contributed by atoms with van der Waals surface area (Å²) in [6, 6.07) is 3.31. The van der Waals surface area contributed by atoms with Gasteiger partial charge in [0.05, 0.1) is 18.3 Å². The lowest BCUT2D eigenvalue weighted by Crippen LogP contribution is -2.37. The van der Waals surface area contributed by atoms with Crippen molar-refractivity contribution in [2.24, 2.45) is 11.8 Å². The minimum Gasteiger partial charge on any atom is -0.381 e. The first-order valence-electron chi connectivity index (χ1n) is 10.5. The zero-order valence-corrected chi connectivity index (χ0v) is 16.9. The van der Waals surface area contributed by atoms with Crippen LogP contribution >= 0.6 is 0 Å². The first-order chi connectivity index (χ1) is 14.7. The molecule has 160 valence electrons. The SMILES string of the molecule is O=C(Nc1cc(-c2cnnc(NCC3CCOCC3)c2)c(F)cn1)C1CCCNC1. The molecule has 4 heterocycles. The van der Waals surface area contributed by atoms with E-state index >= 15 is 0 Å². The van der Waals surface area contributed by atoms with Gasteiger partial charge in [0.2, 0.25) is 5.91 Å². The molecule has 9 heteroatoms. The van der Waals surface area contributed by atoms with Gasteiger partial charge in [-0.05, 0) is 50.3 Å². The number of hydrogen-bond acceptors (Lipinski definition) is 7. The van der Waals surface area contributed by atoms with Crippen LogP contribution in [0.25, 0.3) is 11.1 Å². The van der Waals surface area contributed by atoms with Gasteiger partial charge in [-0.2, -0.15) is 5.10 Å². The second-order valence-corrected chi connectivity index (χ2v) is 7.85. The molecule has 2 aromatic rings. The molecule has 2 aromatic heterocycles. The monoisotopic (exact) mass is 414 g/mol. The first kappa shape index (κ1) is 20.6. The summed E-state index contributed by atoms with van der Waals surface area (Å²) in [7, 11) is 0. The maximum atomic E-state index is 14.5. The summed E-state index contributed by atoms with van der Waals surface area (Å²) in [6.45, 7) is 3.92. The van der Waals surface area contributed by atoms with Crippen LogP contribution in [0.4, 0.5) is 16.0 Å². The molecule has 0 aromatic carbocycles. The molecule has 0 spiro atoms. The molecule has 1 amide bonds. The van der Waals surface area contributed by atoms with Gasteiger partial charge in [-0.15, -0.1) is 5.10 Å². The maximum absolute atomic E-state index is 14.5. The van der Waals surface area contributed by atoms with Crippen molar-refractivity contribution in [3.8, 4) is 11.1 Å². The van der Waals surface area contributed by atoms with Gasteiger partial charge in [0, 0.05) is 37.4 Å². The Bertz CT molecular complexity index is 868. The molecule has 2 fully saturated rings. The minimum absolute atomic E-state index is 0.0982. The Labute approximate surface area is 175 Å². The Balaban J connectivity index is 1.45. The number of nitrogens with zero attached hydrogens (tertiary/aromatic N) is 3. The quantitative estimate of drug-likeness (QED) is 0.667. The number of aromatic nitrogens is 3. The summed E-state index contributed by atoms with van der Waals surface area (Å²) in [4.78, 5) is 16.5. The van der Waals surface area contributed by atoms with Crippen molar-refractivity contribution in [2.75, 3.05) is 43.5 Å². The fourth-order valence-corrected chi connectivity index (χ4v) is 3.83. The van der Waals surface area contributed by atoms with Gasteiger partial charge in [-0.1, -0.05) is 0 Å². The smallest absolute Gasteiger partial charge is 0.229 e. The van der Waals surface area contributed by atoms with E-state index in [0.29, 0.717) is 35.2 Å². The Morgan fingerprint density at radius 3 is 2.87 bits per heavy atom. The molecule has 0 saturated carbocycles. The maximum Gasteiger partial charge on any atom is 0.229 e. The van der Waals surface area contributed by atoms with Gasteiger partial charge in [-0.3, -0.25) is 4.79 Å². The summed E-state index contributed by atoms with van der Waals surface area (Å²) in [5, 5.41) is 17.4. The van der Waals surface area contributed by atoms with Gasteiger partial charge >= 0.3 is 0 Å². The predicted molar refractivity (Wildman–Crippen MR) is 111 cm³/mol. The van der Waals surface area contributed by atoms with Gasteiger partial charge in [-0.25, -0.2) is 9.37 Å². The summed E-state index contributed by atoms with van der Waals surface area (Å²) in [6.07, 6.45) is 6.46. The summed E-state index contributed by atoms with van der Waals surface area (Å²) in [5.74, 6) is 0.773. The fraction of sp³-hybridized carbons (Fsp3) is 0.524. The number of pyridine rings is 1. The van der Waals surface area contributed by atoms with Crippen LogP contribution < -0.4 is 16.0 Å². The third kappa shape index (κ3) is 5.28. The summed E-state index contributed by atoms with van der Waals surface area (Å²) >= 11 is 0. The first-order valence-corrected chi connectivity index (χ1v) is 10.5. The number of amides is 1. The Kier molecular flexibility index (Phi) is 6.81. The number of halogens is 1. The minimum atomic E-state index is -0.476. The van der Waals surface area contributed by atoms with Gasteiger partial charge in [0.25, 0.3) is 0 Å². The van der Waals surface area contributed by atoms with E-state index in [0.717, 1.165) is 58.2 Å². The van der Waals surface area contributed by atoms with Crippen LogP contribution in [0.3, 0.4) is 0 Å². The van der Waals surface area contributed by atoms with Crippen molar-refractivity contribution in [1.29, 1.82) is 0 Å². The lowest BCUT2D eigenvalue weighted by atomic mass is 9.99. The standard InChI is InChI=1S/C21H27FN6O2/c22-18-13-25-19(27-21(29)15-2-1-5-23-11-15)9-17(18)16-8-20(28-26-12-16)24-10-14-3-6-30-7-4-14/h8-9,12-15,23H,1-7,10-11H2,(H,24,28)(H,25,27,29). The Hall–Kier alpha value is -2.65. The van der Waals surface area contributed by atoms with Crippen LogP contribution in [0.15, 0.2) is 24.5 Å². The number of piperidine rings is 1. The van der Waals surface area contributed by atoms with Gasteiger partial charge in [0.15, 0.2) is 0 Å². The molecule has 1 atom stereocenters. The van der Waals surface area contributed by atoms with E-state index < -0.39 is 5.82 Å². The lowest BCUT2D eigenvalue weighted by molar-refractivity contribution is -0.120. The average Bonchev–Trinajstić information content (AvgIpc) is 2.80. The van der Waals surface area contributed by atoms with E-state index in [4.69, 9.17) is 4.74 Å². The largest absolute Gasteiger partial charge is 0.381 e. The average molecular weight is 414 g/mol. The van der Waals surface area contributed by atoms with E-state index in [9.17, 15) is 9.18 Å². The topological polar surface area (TPSA) is 101 Å². The van der Waals surface area contributed by atoms with E-state index in [2.05, 4.69) is 31.1 Å². The molecular weight excluding hydrogens is 387 g/mol. The molecule has 2 aliphatic heterocycles. The van der Waals surface area contributed by atoms with Crippen LogP contribution in [-0.2, 0) is 9.53 Å². The number of nitrogens with one attached hydrogen (secondary N) is 3. The number of rotatable bonds is 6. The highest BCUT2D eigenvalue weighted by atomic mass is 19.1. The second-order valence-electron chi connectivity index (χ2n) is 7.85. The van der Waals surface area contributed by atoms with E-state index in [1.54, 1.807) is 12.1 Å². The molecular formula is C21H27FN6O2. The highest BCUT2D eigenvalue weighted by Gasteiger charge is 2.22. The van der Waals surface area contributed by atoms with Crippen LogP contribution in [-0.4, -0.2) is 53.9 Å². The zero-order valence-electron chi connectivity index (χ0n) is 16.9. The van der Waals surface area contributed by atoms with E-state index in [-0.39, 0.29) is 11.8 Å². The molecule has 2 saturated heterocycles. The van der Waals surface area contributed by atoms with E-state index in [1.807, 2.05) is 0 Å². The third-order valence-electron chi connectivity index (χ3n) is 5.65. The van der Waals surface area contributed by atoms with Crippen molar-refractivity contribution in [3.63, 3.8) is 0 Å². The molecule has 1 unspecified atom stereocenters. The highest BCUT2D eigenvalue weighted by Crippen LogP contribution is 2.26. The number of carbonyl (C=O) groups excluding carboxylic acids is 1. The molecule has 0 bridgehead atoms. The number of hydrogen-bond donors (Lipinski definition) is 3. The fourth-order valence-electron chi connectivity index (χ4n) is 3.83. The second kappa shape index (κ2) is 9.90. The molecule has 2 aliphatic rings. The molecule has 0 radical (unpaired) electrons. The van der Waals surface area contributed by atoms with Crippen LogP contribution in [0.5, 0.6) is 0 Å². The number of anilines is 2. The van der Waals surface area contributed by atoms with Crippen molar-refractivity contribution >= 4 is 17.5 Å². The van der Waals surface area contributed by atoms with Crippen LogP contribution in [0.2, 0.25) is 0 Å². The number of ether oxygens (including phenoxy) is 1. The van der Waals surface area contributed by atoms with Crippen LogP contribution in [0, 0.1) is 17.7 Å². The molecule has 4 rings (SSSR count). The van der Waals surface area contributed by atoms with Gasteiger partial charge < -0.3 is 20.7 Å². The van der Waals surface area contributed by atoms with Crippen molar-refractivity contribution < 1.29 is 13.9 Å². The molecule has 30 heavy (non-hydrogen) atoms. The van der Waals surface area contributed by atoms with Crippen molar-refractivity contribution in [1.82, 2.24) is 20.5 Å². The predicted octanol–water partition coefficient (Wildman–Crippen LogP) is 2.45. The Morgan fingerprint density at radius 2 is 2.07 bits per heavy atom. The van der Waals surface area contributed by atoms with Gasteiger partial charge in [0.1, 0.15) is 17.5 Å².